The molecule has 3 nitrogen and oxygen atoms in total. The van der Waals surface area contributed by atoms with Crippen LogP contribution in [0.1, 0.15) is 6.92 Å². The number of nitrogens with two attached hydrogens (primary N) is 1. The van der Waals surface area contributed by atoms with E-state index in [-0.39, 0.29) is 5.78 Å². The zero-order valence-corrected chi connectivity index (χ0v) is 6.45. The van der Waals surface area contributed by atoms with Gasteiger partial charge in [-0.15, -0.1) is 0 Å². The van der Waals surface area contributed by atoms with Crippen molar-refractivity contribution in [2.24, 2.45) is 0 Å². The minimum atomic E-state index is 0.139. The fraction of sp³-hybridized carbons (Fsp3) is 0.250. The molecule has 0 aromatic carbocycles. The molecule has 2 N–H and O–H groups in total. The van der Waals surface area contributed by atoms with Crippen LogP contribution in [0.5, 0.6) is 0 Å². The van der Waals surface area contributed by atoms with Gasteiger partial charge in [-0.3, -0.25) is 4.79 Å². The van der Waals surface area contributed by atoms with Crippen molar-refractivity contribution in [1.29, 1.82) is 0 Å². The lowest BCUT2D eigenvalue weighted by molar-refractivity contribution is -0.684. The summed E-state index contributed by atoms with van der Waals surface area (Å²) < 4.78 is 1.79. The number of aromatic nitrogens is 1. The van der Waals surface area contributed by atoms with Gasteiger partial charge < -0.3 is 5.73 Å². The van der Waals surface area contributed by atoms with Crippen LogP contribution in [0.3, 0.4) is 0 Å². The SMILES string of the molecule is CC(=O)C[n+]1ccc(N)cc1. The molecule has 3 heteroatoms. The summed E-state index contributed by atoms with van der Waals surface area (Å²) in [5.74, 6) is 0.139. The van der Waals surface area contributed by atoms with Gasteiger partial charge in [0.05, 0.1) is 0 Å². The zero-order chi connectivity index (χ0) is 8.27. The molecular formula is C8H11N2O+. The van der Waals surface area contributed by atoms with Gasteiger partial charge in [-0.2, -0.15) is 4.57 Å². The van der Waals surface area contributed by atoms with E-state index in [1.807, 2.05) is 0 Å². The summed E-state index contributed by atoms with van der Waals surface area (Å²) in [6.07, 6.45) is 3.58. The van der Waals surface area contributed by atoms with Crippen molar-refractivity contribution in [2.45, 2.75) is 13.5 Å². The van der Waals surface area contributed by atoms with Crippen LogP contribution in [0.15, 0.2) is 24.5 Å². The maximum absolute atomic E-state index is 10.6. The smallest absolute Gasteiger partial charge is 0.206 e. The highest BCUT2D eigenvalue weighted by atomic mass is 16.1. The van der Waals surface area contributed by atoms with E-state index < -0.39 is 0 Å². The molecule has 0 atom stereocenters. The molecule has 1 aromatic heterocycles. The lowest BCUT2D eigenvalue weighted by Crippen LogP contribution is -2.36. The highest BCUT2D eigenvalue weighted by Crippen LogP contribution is 1.93. The molecule has 0 radical (unpaired) electrons. The molecule has 1 heterocycles. The van der Waals surface area contributed by atoms with Crippen molar-refractivity contribution in [2.75, 3.05) is 5.73 Å². The van der Waals surface area contributed by atoms with Gasteiger partial charge in [-0.1, -0.05) is 0 Å². The lowest BCUT2D eigenvalue weighted by Gasteiger charge is -1.92. The van der Waals surface area contributed by atoms with Crippen molar-refractivity contribution in [3.05, 3.63) is 24.5 Å². The standard InChI is InChI=1S/C8H10N2O/c1-7(11)6-10-4-2-8(9)3-5-10/h2-5,9H,6H2,1H3/p+1. The van der Waals surface area contributed by atoms with Crippen molar-refractivity contribution < 1.29 is 9.36 Å². The van der Waals surface area contributed by atoms with Crippen molar-refractivity contribution in [1.82, 2.24) is 0 Å². The molecule has 0 bridgehead atoms. The van der Waals surface area contributed by atoms with Gasteiger partial charge in [0.1, 0.15) is 0 Å². The Kier molecular flexibility index (Phi) is 2.21. The highest BCUT2D eigenvalue weighted by molar-refractivity contribution is 5.73. The van der Waals surface area contributed by atoms with Gasteiger partial charge in [0.2, 0.25) is 6.54 Å². The van der Waals surface area contributed by atoms with Gasteiger partial charge in [0.25, 0.3) is 0 Å². The van der Waals surface area contributed by atoms with Crippen LogP contribution in [-0.4, -0.2) is 5.78 Å². The van der Waals surface area contributed by atoms with Crippen LogP contribution in [0.2, 0.25) is 0 Å². The summed E-state index contributed by atoms with van der Waals surface area (Å²) in [6.45, 7) is 1.98. The van der Waals surface area contributed by atoms with Crippen molar-refractivity contribution >= 4 is 11.5 Å². The molecule has 1 rings (SSSR count). The second-order valence-corrected chi connectivity index (χ2v) is 2.51. The number of Topliss-reactive ketones (excluding diaryl/α,β-unsaturated/α-hetero) is 1. The number of carbonyl (C=O) groups is 1. The zero-order valence-electron chi connectivity index (χ0n) is 6.45. The number of hydrogen-bond donors (Lipinski definition) is 1. The van der Waals surface area contributed by atoms with Crippen LogP contribution >= 0.6 is 0 Å². The summed E-state index contributed by atoms with van der Waals surface area (Å²) >= 11 is 0. The molecule has 0 saturated carbocycles. The van der Waals surface area contributed by atoms with Crippen molar-refractivity contribution in [3.63, 3.8) is 0 Å². The summed E-state index contributed by atoms with van der Waals surface area (Å²) in [6, 6.07) is 3.53. The van der Waals surface area contributed by atoms with Crippen LogP contribution in [-0.2, 0) is 11.3 Å². The molecule has 0 saturated heterocycles. The normalized spacial score (nSPS) is 9.55. The first-order valence-corrected chi connectivity index (χ1v) is 3.42. The third kappa shape index (κ3) is 2.37. The summed E-state index contributed by atoms with van der Waals surface area (Å²) in [5, 5.41) is 0. The first-order valence-electron chi connectivity index (χ1n) is 3.42. The molecule has 0 unspecified atom stereocenters. The van der Waals surface area contributed by atoms with Gasteiger partial charge in [0, 0.05) is 24.7 Å². The maximum Gasteiger partial charge on any atom is 0.206 e. The Morgan fingerprint density at radius 2 is 2.09 bits per heavy atom. The number of ketones is 1. The first kappa shape index (κ1) is 7.72. The van der Waals surface area contributed by atoms with E-state index in [1.54, 1.807) is 36.0 Å². The number of hydrogen-bond acceptors (Lipinski definition) is 2. The van der Waals surface area contributed by atoms with Gasteiger partial charge >= 0.3 is 0 Å². The largest absolute Gasteiger partial charge is 0.398 e. The summed E-state index contributed by atoms with van der Waals surface area (Å²) in [7, 11) is 0. The predicted octanol–water partition coefficient (Wildman–Crippen LogP) is 0.145. The van der Waals surface area contributed by atoms with E-state index in [0.717, 1.165) is 0 Å². The Hall–Kier alpha value is -1.38. The number of nitrogen functional groups attached to an aromatic ring is 1. The average molecular weight is 151 g/mol. The second kappa shape index (κ2) is 3.14. The van der Waals surface area contributed by atoms with Gasteiger partial charge in [-0.25, -0.2) is 0 Å². The minimum absolute atomic E-state index is 0.139. The second-order valence-electron chi connectivity index (χ2n) is 2.51. The molecule has 11 heavy (non-hydrogen) atoms. The predicted molar refractivity (Wildman–Crippen MR) is 41.7 cm³/mol. The molecule has 1 aromatic rings. The Bertz CT molecular complexity index is 253. The maximum atomic E-state index is 10.6. The molecule has 0 aliphatic carbocycles. The number of anilines is 1. The first-order chi connectivity index (χ1) is 5.18. The Balaban J connectivity index is 2.74. The van der Waals surface area contributed by atoms with Crippen molar-refractivity contribution in [3.8, 4) is 0 Å². The topological polar surface area (TPSA) is 47.0 Å². The minimum Gasteiger partial charge on any atom is -0.398 e. The summed E-state index contributed by atoms with van der Waals surface area (Å²) in [5.41, 5.74) is 6.17. The van der Waals surface area contributed by atoms with Crippen LogP contribution in [0.4, 0.5) is 5.69 Å². The third-order valence-corrected chi connectivity index (χ3v) is 1.32. The lowest BCUT2D eigenvalue weighted by atomic mass is 10.4. The Morgan fingerprint density at radius 3 is 2.55 bits per heavy atom. The van der Waals surface area contributed by atoms with E-state index in [0.29, 0.717) is 12.2 Å². The number of rotatable bonds is 2. The van der Waals surface area contributed by atoms with Crippen LogP contribution in [0, 0.1) is 0 Å². The van der Waals surface area contributed by atoms with Crippen LogP contribution in [0.25, 0.3) is 0 Å². The molecule has 58 valence electrons. The third-order valence-electron chi connectivity index (χ3n) is 1.32. The quantitative estimate of drug-likeness (QED) is 0.611. The van der Waals surface area contributed by atoms with E-state index in [1.165, 1.54) is 0 Å². The molecule has 0 aliphatic heterocycles. The molecule has 0 fully saturated rings. The average Bonchev–Trinajstić information content (AvgIpc) is 1.93. The molecule has 0 spiro atoms. The number of nitrogens with zero attached hydrogens (tertiary/aromatic N) is 1. The Labute approximate surface area is 65.5 Å². The number of pyridine rings is 1. The molecular weight excluding hydrogens is 140 g/mol. The molecule has 0 amide bonds. The monoisotopic (exact) mass is 151 g/mol. The highest BCUT2D eigenvalue weighted by Gasteiger charge is 2.01. The number of carbonyl (C=O) groups excluding carboxylic acids is 1. The fourth-order valence-electron chi connectivity index (χ4n) is 0.831. The van der Waals surface area contributed by atoms with Gasteiger partial charge in [-0.05, 0) is 0 Å². The van der Waals surface area contributed by atoms with E-state index >= 15 is 0 Å². The van der Waals surface area contributed by atoms with Crippen LogP contribution < -0.4 is 10.3 Å². The Morgan fingerprint density at radius 1 is 1.55 bits per heavy atom. The van der Waals surface area contributed by atoms with E-state index in [9.17, 15) is 4.79 Å². The van der Waals surface area contributed by atoms with Gasteiger partial charge in [0.15, 0.2) is 18.2 Å². The van der Waals surface area contributed by atoms with E-state index in [2.05, 4.69) is 0 Å². The van der Waals surface area contributed by atoms with E-state index in [4.69, 9.17) is 5.73 Å². The summed E-state index contributed by atoms with van der Waals surface area (Å²) in [4.78, 5) is 10.6. The fourth-order valence-corrected chi connectivity index (χ4v) is 0.831. The molecule has 0 aliphatic rings.